The van der Waals surface area contributed by atoms with E-state index in [9.17, 15) is 9.18 Å². The molecule has 3 atom stereocenters. The number of hydrogen-bond acceptors (Lipinski definition) is 4. The van der Waals surface area contributed by atoms with Gasteiger partial charge in [0.1, 0.15) is 18.0 Å². The predicted octanol–water partition coefficient (Wildman–Crippen LogP) is 4.06. The molecule has 3 unspecified atom stereocenters. The van der Waals surface area contributed by atoms with E-state index in [0.717, 1.165) is 0 Å². The van der Waals surface area contributed by atoms with Gasteiger partial charge in [-0.15, -0.1) is 0 Å². The summed E-state index contributed by atoms with van der Waals surface area (Å²) in [5.41, 5.74) is 0.415. The molecule has 26 heavy (non-hydrogen) atoms. The molecule has 0 amide bonds. The summed E-state index contributed by atoms with van der Waals surface area (Å²) in [7, 11) is 0. The fraction of sp³-hybridized carbons (Fsp3) is 0.300. The Morgan fingerprint density at radius 1 is 1.04 bits per heavy atom. The molecule has 2 aromatic rings. The van der Waals surface area contributed by atoms with Crippen molar-refractivity contribution in [2.24, 2.45) is 0 Å². The van der Waals surface area contributed by atoms with Crippen molar-refractivity contribution in [1.82, 2.24) is 5.32 Å². The van der Waals surface area contributed by atoms with Crippen molar-refractivity contribution in [1.29, 1.82) is 0 Å². The second-order valence-electron chi connectivity index (χ2n) is 6.18. The summed E-state index contributed by atoms with van der Waals surface area (Å²) in [6.07, 6.45) is -0.729. The third-order valence-corrected chi connectivity index (χ3v) is 4.46. The largest absolute Gasteiger partial charge is 0.456 e. The van der Waals surface area contributed by atoms with Gasteiger partial charge in [0.15, 0.2) is 0 Å². The molecule has 1 fully saturated rings. The lowest BCUT2D eigenvalue weighted by Crippen LogP contribution is -2.46. The van der Waals surface area contributed by atoms with Crippen molar-refractivity contribution in [2.75, 3.05) is 0 Å². The Kier molecular flexibility index (Phi) is 6.17. The van der Waals surface area contributed by atoms with E-state index in [2.05, 4.69) is 5.32 Å². The van der Waals surface area contributed by atoms with Crippen LogP contribution in [0.3, 0.4) is 0 Å². The number of halogens is 1. The molecule has 4 nitrogen and oxygen atoms in total. The molecule has 0 spiro atoms. The zero-order valence-corrected chi connectivity index (χ0v) is 15.0. The molecule has 1 saturated carbocycles. The first-order valence-electron chi connectivity index (χ1n) is 8.55. The van der Waals surface area contributed by atoms with Crippen molar-refractivity contribution >= 4 is 23.4 Å². The number of carbonyl (C=O) groups excluding carboxylic acids is 1. The Labute approximate surface area is 157 Å². The van der Waals surface area contributed by atoms with Crippen LogP contribution in [0.5, 0.6) is 5.75 Å². The van der Waals surface area contributed by atoms with Gasteiger partial charge in [0.25, 0.3) is 5.17 Å². The molecular weight excluding hydrogens is 353 g/mol. The van der Waals surface area contributed by atoms with Crippen LogP contribution >= 0.6 is 12.2 Å². The second kappa shape index (κ2) is 8.76. The molecule has 0 radical (unpaired) electrons. The number of thiocarbonyl (C=S) groups is 1. The zero-order valence-electron chi connectivity index (χ0n) is 14.1. The topological polar surface area (TPSA) is 47.6 Å². The Morgan fingerprint density at radius 3 is 2.38 bits per heavy atom. The average molecular weight is 373 g/mol. The molecule has 1 N–H and O–H groups in total. The van der Waals surface area contributed by atoms with Crippen LogP contribution < -0.4 is 10.1 Å². The molecular formula is C20H20FNO3S. The molecule has 0 aliphatic heterocycles. The van der Waals surface area contributed by atoms with Gasteiger partial charge in [0, 0.05) is 12.5 Å². The molecule has 2 aromatic carbocycles. The van der Waals surface area contributed by atoms with Gasteiger partial charge in [-0.1, -0.05) is 36.4 Å². The van der Waals surface area contributed by atoms with Gasteiger partial charge in [0.2, 0.25) is 0 Å². The Morgan fingerprint density at radius 2 is 1.69 bits per heavy atom. The zero-order chi connectivity index (χ0) is 18.4. The summed E-state index contributed by atoms with van der Waals surface area (Å²) < 4.78 is 25.1. The van der Waals surface area contributed by atoms with E-state index in [1.54, 1.807) is 36.4 Å². The van der Waals surface area contributed by atoms with Gasteiger partial charge < -0.3 is 14.8 Å². The molecule has 0 aromatic heterocycles. The quantitative estimate of drug-likeness (QED) is 0.647. The van der Waals surface area contributed by atoms with Gasteiger partial charge in [-0.2, -0.15) is 0 Å². The number of nitrogens with one attached hydrogen (secondary N) is 1. The van der Waals surface area contributed by atoms with E-state index < -0.39 is 18.2 Å². The lowest BCUT2D eigenvalue weighted by Gasteiger charge is -2.32. The van der Waals surface area contributed by atoms with E-state index >= 15 is 0 Å². The van der Waals surface area contributed by atoms with Crippen LogP contribution in [0.1, 0.15) is 29.6 Å². The molecule has 0 heterocycles. The van der Waals surface area contributed by atoms with Crippen LogP contribution in [0.2, 0.25) is 0 Å². The minimum atomic E-state index is -1.18. The van der Waals surface area contributed by atoms with Gasteiger partial charge in [0.05, 0.1) is 5.56 Å². The normalized spacial score (nSPS) is 22.3. The molecule has 136 valence electrons. The monoisotopic (exact) mass is 373 g/mol. The van der Waals surface area contributed by atoms with Gasteiger partial charge in [-0.05, 0) is 49.3 Å². The average Bonchev–Trinajstić information content (AvgIpc) is 2.66. The molecule has 0 bridgehead atoms. The van der Waals surface area contributed by atoms with Crippen LogP contribution in [0, 0.1) is 0 Å². The third-order valence-electron chi connectivity index (χ3n) is 4.25. The fourth-order valence-corrected chi connectivity index (χ4v) is 3.18. The number of carbonyl (C=O) groups is 1. The highest BCUT2D eigenvalue weighted by Crippen LogP contribution is 2.25. The number of hydrogen-bond donors (Lipinski definition) is 1. The van der Waals surface area contributed by atoms with E-state index in [1.807, 2.05) is 24.3 Å². The third kappa shape index (κ3) is 5.02. The summed E-state index contributed by atoms with van der Waals surface area (Å²) in [6, 6.07) is 17.7. The Balaban J connectivity index is 1.54. The molecule has 3 rings (SSSR count). The van der Waals surface area contributed by atoms with Crippen LogP contribution in [-0.4, -0.2) is 29.5 Å². The maximum Gasteiger partial charge on any atom is 0.338 e. The highest BCUT2D eigenvalue weighted by molar-refractivity contribution is 7.80. The lowest BCUT2D eigenvalue weighted by molar-refractivity contribution is -0.0125. The molecule has 1 aliphatic carbocycles. The maximum absolute atomic E-state index is 14.2. The maximum atomic E-state index is 14.2. The van der Waals surface area contributed by atoms with E-state index in [1.165, 1.54) is 0 Å². The number of para-hydroxylation sites is 1. The molecule has 1 aliphatic rings. The number of benzene rings is 2. The van der Waals surface area contributed by atoms with Crippen LogP contribution in [0.4, 0.5) is 4.39 Å². The standard InChI is InChI=1S/C20H20FNO3S/c21-17-12-11-15(22-20(26)24-16-9-5-2-6-10-16)13-18(17)25-19(23)14-7-3-1-4-8-14/h1-10,15,17-18H,11-13H2,(H,22,26). The fourth-order valence-electron chi connectivity index (χ4n) is 2.92. The predicted molar refractivity (Wildman–Crippen MR) is 101 cm³/mol. The summed E-state index contributed by atoms with van der Waals surface area (Å²) in [4.78, 5) is 12.2. The summed E-state index contributed by atoms with van der Waals surface area (Å²) in [5.74, 6) is 0.123. The summed E-state index contributed by atoms with van der Waals surface area (Å²) in [5, 5.41) is 3.31. The number of esters is 1. The minimum absolute atomic E-state index is 0.105. The van der Waals surface area contributed by atoms with Gasteiger partial charge in [-0.3, -0.25) is 0 Å². The first-order chi connectivity index (χ1) is 12.6. The highest BCUT2D eigenvalue weighted by Gasteiger charge is 2.34. The van der Waals surface area contributed by atoms with Gasteiger partial charge >= 0.3 is 5.97 Å². The SMILES string of the molecule is O=C(OC1CC(NC(=S)Oc2ccccc2)CCC1F)c1ccccc1. The van der Waals surface area contributed by atoms with Crippen LogP contribution in [0.15, 0.2) is 60.7 Å². The van der Waals surface area contributed by atoms with Crippen molar-refractivity contribution in [3.05, 3.63) is 66.2 Å². The first kappa shape index (κ1) is 18.3. The number of alkyl halides is 1. The van der Waals surface area contributed by atoms with Crippen LogP contribution in [0.25, 0.3) is 0 Å². The second-order valence-corrected chi connectivity index (χ2v) is 6.55. The lowest BCUT2D eigenvalue weighted by atomic mass is 9.91. The number of ether oxygens (including phenoxy) is 2. The Hall–Kier alpha value is -2.47. The van der Waals surface area contributed by atoms with E-state index in [-0.39, 0.29) is 11.2 Å². The number of rotatable bonds is 4. The van der Waals surface area contributed by atoms with Crippen molar-refractivity contribution in [3.8, 4) is 5.75 Å². The van der Waals surface area contributed by atoms with Crippen molar-refractivity contribution < 1.29 is 18.7 Å². The van der Waals surface area contributed by atoms with Gasteiger partial charge in [-0.25, -0.2) is 9.18 Å². The molecule has 6 heteroatoms. The van der Waals surface area contributed by atoms with Crippen molar-refractivity contribution in [3.63, 3.8) is 0 Å². The highest BCUT2D eigenvalue weighted by atomic mass is 32.1. The summed E-state index contributed by atoms with van der Waals surface area (Å²) >= 11 is 5.21. The first-order valence-corrected chi connectivity index (χ1v) is 8.96. The van der Waals surface area contributed by atoms with E-state index in [4.69, 9.17) is 21.7 Å². The smallest absolute Gasteiger partial charge is 0.338 e. The van der Waals surface area contributed by atoms with E-state index in [0.29, 0.717) is 30.6 Å². The Bertz CT molecular complexity index is 741. The molecule has 0 saturated heterocycles. The minimum Gasteiger partial charge on any atom is -0.456 e. The van der Waals surface area contributed by atoms with Crippen molar-refractivity contribution in [2.45, 2.75) is 37.6 Å². The summed E-state index contributed by atoms with van der Waals surface area (Å²) in [6.45, 7) is 0. The van der Waals surface area contributed by atoms with Crippen LogP contribution in [-0.2, 0) is 4.74 Å².